The van der Waals surface area contributed by atoms with Gasteiger partial charge in [0.2, 0.25) is 0 Å². The molecule has 0 bridgehead atoms. The van der Waals surface area contributed by atoms with Gasteiger partial charge >= 0.3 is 6.03 Å². The van der Waals surface area contributed by atoms with Crippen molar-refractivity contribution in [3.05, 3.63) is 65.2 Å². The Kier molecular flexibility index (Phi) is 5.87. The number of carbonyl (C=O) groups is 1. The number of rotatable bonds is 5. The molecule has 6 heteroatoms. The Morgan fingerprint density at radius 1 is 1.12 bits per heavy atom. The topological polar surface area (TPSA) is 61.4 Å². The molecule has 4 nitrogen and oxygen atoms in total. The van der Waals surface area contributed by atoms with Crippen molar-refractivity contribution >= 4 is 11.7 Å². The van der Waals surface area contributed by atoms with Crippen LogP contribution < -0.4 is 10.6 Å². The first kappa shape index (κ1) is 17.9. The predicted octanol–water partition coefficient (Wildman–Crippen LogP) is 3.94. The van der Waals surface area contributed by atoms with Gasteiger partial charge in [0.05, 0.1) is 6.10 Å². The van der Waals surface area contributed by atoms with Crippen LogP contribution in [0, 0.1) is 11.6 Å². The Bertz CT molecular complexity index is 703. The number of benzene rings is 2. The van der Waals surface area contributed by atoms with Crippen molar-refractivity contribution in [2.75, 3.05) is 11.9 Å². The van der Waals surface area contributed by atoms with Gasteiger partial charge in [0.15, 0.2) is 0 Å². The number of amides is 2. The van der Waals surface area contributed by atoms with Crippen molar-refractivity contribution in [3.63, 3.8) is 0 Å². The molecule has 2 amide bonds. The molecule has 128 valence electrons. The molecule has 0 spiro atoms. The molecule has 0 aliphatic heterocycles. The Labute approximate surface area is 139 Å². The average Bonchev–Trinajstić information content (AvgIpc) is 2.53. The van der Waals surface area contributed by atoms with Gasteiger partial charge in [-0.1, -0.05) is 32.0 Å². The van der Waals surface area contributed by atoms with Crippen LogP contribution in [0.1, 0.15) is 37.0 Å². The van der Waals surface area contributed by atoms with E-state index in [1.807, 2.05) is 12.1 Å². The highest BCUT2D eigenvalue weighted by atomic mass is 19.1. The minimum absolute atomic E-state index is 0.0713. The number of urea groups is 1. The Hall–Kier alpha value is -2.47. The molecule has 0 unspecified atom stereocenters. The van der Waals surface area contributed by atoms with Crippen LogP contribution in [0.5, 0.6) is 0 Å². The van der Waals surface area contributed by atoms with Gasteiger partial charge in [-0.2, -0.15) is 0 Å². The summed E-state index contributed by atoms with van der Waals surface area (Å²) < 4.78 is 26.4. The fourth-order valence-corrected chi connectivity index (χ4v) is 2.20. The number of halogens is 2. The van der Waals surface area contributed by atoms with Gasteiger partial charge in [0.25, 0.3) is 0 Å². The van der Waals surface area contributed by atoms with E-state index in [9.17, 15) is 18.7 Å². The van der Waals surface area contributed by atoms with Crippen molar-refractivity contribution in [3.8, 4) is 0 Å². The zero-order valence-corrected chi connectivity index (χ0v) is 13.5. The van der Waals surface area contributed by atoms with Gasteiger partial charge < -0.3 is 15.7 Å². The van der Waals surface area contributed by atoms with E-state index in [1.54, 1.807) is 12.1 Å². The summed E-state index contributed by atoms with van der Waals surface area (Å²) in [4.78, 5) is 11.8. The van der Waals surface area contributed by atoms with Crippen molar-refractivity contribution < 1.29 is 18.7 Å². The summed E-state index contributed by atoms with van der Waals surface area (Å²) in [5, 5.41) is 15.0. The SMILES string of the molecule is CC(C)c1ccc(NC(=O)NC[C@H](O)c2ccc(F)cc2F)cc1. The number of carbonyl (C=O) groups excluding carboxylic acids is 1. The lowest BCUT2D eigenvalue weighted by molar-refractivity contribution is 0.170. The minimum Gasteiger partial charge on any atom is -0.386 e. The van der Waals surface area contributed by atoms with Crippen LogP contribution >= 0.6 is 0 Å². The molecule has 2 aromatic carbocycles. The van der Waals surface area contributed by atoms with E-state index < -0.39 is 23.8 Å². The normalized spacial score (nSPS) is 12.1. The summed E-state index contributed by atoms with van der Waals surface area (Å²) in [6.45, 7) is 3.95. The molecule has 1 atom stereocenters. The maximum Gasteiger partial charge on any atom is 0.319 e. The summed E-state index contributed by atoms with van der Waals surface area (Å²) in [7, 11) is 0. The van der Waals surface area contributed by atoms with Crippen LogP contribution in [0.3, 0.4) is 0 Å². The zero-order chi connectivity index (χ0) is 17.7. The number of anilines is 1. The minimum atomic E-state index is -1.26. The van der Waals surface area contributed by atoms with E-state index in [0.717, 1.165) is 17.7 Å². The highest BCUT2D eigenvalue weighted by Crippen LogP contribution is 2.18. The summed E-state index contributed by atoms with van der Waals surface area (Å²) in [5.74, 6) is -1.18. The second-order valence-electron chi connectivity index (χ2n) is 5.79. The maximum absolute atomic E-state index is 13.5. The van der Waals surface area contributed by atoms with Crippen LogP contribution in [0.4, 0.5) is 19.3 Å². The standard InChI is InChI=1S/C18H20F2N2O2/c1-11(2)12-3-6-14(7-4-12)22-18(24)21-10-17(23)15-8-5-13(19)9-16(15)20/h3-9,11,17,23H,10H2,1-2H3,(H2,21,22,24)/t17-/m0/s1. The smallest absolute Gasteiger partial charge is 0.319 e. The summed E-state index contributed by atoms with van der Waals surface area (Å²) in [6, 6.07) is 9.78. The van der Waals surface area contributed by atoms with Gasteiger partial charge in [-0.05, 0) is 29.7 Å². The van der Waals surface area contributed by atoms with Crippen LogP contribution in [0.2, 0.25) is 0 Å². The third kappa shape index (κ3) is 4.76. The van der Waals surface area contributed by atoms with Gasteiger partial charge in [0, 0.05) is 23.9 Å². The molecule has 2 aromatic rings. The fourth-order valence-electron chi connectivity index (χ4n) is 2.20. The van der Waals surface area contributed by atoms with Crippen molar-refractivity contribution in [2.24, 2.45) is 0 Å². The largest absolute Gasteiger partial charge is 0.386 e. The number of hydrogen-bond donors (Lipinski definition) is 3. The third-order valence-corrected chi connectivity index (χ3v) is 3.61. The average molecular weight is 334 g/mol. The molecule has 0 aromatic heterocycles. The number of aliphatic hydroxyl groups is 1. The second kappa shape index (κ2) is 7.88. The van der Waals surface area contributed by atoms with Crippen molar-refractivity contribution in [1.82, 2.24) is 5.32 Å². The van der Waals surface area contributed by atoms with E-state index in [-0.39, 0.29) is 12.1 Å². The summed E-state index contributed by atoms with van der Waals surface area (Å²) in [6.07, 6.45) is -1.26. The molecule has 3 N–H and O–H groups in total. The van der Waals surface area contributed by atoms with Gasteiger partial charge in [-0.25, -0.2) is 13.6 Å². The zero-order valence-electron chi connectivity index (χ0n) is 13.5. The predicted molar refractivity (Wildman–Crippen MR) is 88.9 cm³/mol. The van der Waals surface area contributed by atoms with E-state index in [0.29, 0.717) is 17.7 Å². The molecule has 0 heterocycles. The highest BCUT2D eigenvalue weighted by Gasteiger charge is 2.14. The summed E-state index contributed by atoms with van der Waals surface area (Å²) in [5.41, 5.74) is 1.69. The molecule has 0 saturated heterocycles. The number of hydrogen-bond acceptors (Lipinski definition) is 2. The van der Waals surface area contributed by atoms with Gasteiger partial charge in [0.1, 0.15) is 11.6 Å². The summed E-state index contributed by atoms with van der Waals surface area (Å²) >= 11 is 0. The van der Waals surface area contributed by atoms with Crippen LogP contribution in [-0.2, 0) is 0 Å². The lowest BCUT2D eigenvalue weighted by Gasteiger charge is -2.14. The van der Waals surface area contributed by atoms with Gasteiger partial charge in [-0.15, -0.1) is 0 Å². The second-order valence-corrected chi connectivity index (χ2v) is 5.79. The molecule has 0 saturated carbocycles. The first-order chi connectivity index (χ1) is 11.4. The molecule has 2 rings (SSSR count). The van der Waals surface area contributed by atoms with E-state index >= 15 is 0 Å². The molecule has 24 heavy (non-hydrogen) atoms. The van der Waals surface area contributed by atoms with E-state index in [4.69, 9.17) is 0 Å². The first-order valence-corrected chi connectivity index (χ1v) is 7.64. The lowest BCUT2D eigenvalue weighted by atomic mass is 10.0. The molecular formula is C18H20F2N2O2. The Morgan fingerprint density at radius 2 is 1.79 bits per heavy atom. The monoisotopic (exact) mass is 334 g/mol. The number of aliphatic hydroxyl groups excluding tert-OH is 1. The molecule has 0 fully saturated rings. The Morgan fingerprint density at radius 3 is 2.38 bits per heavy atom. The Balaban J connectivity index is 1.88. The molecule has 0 aliphatic rings. The molecule has 0 radical (unpaired) electrons. The third-order valence-electron chi connectivity index (χ3n) is 3.61. The molecular weight excluding hydrogens is 314 g/mol. The van der Waals surface area contributed by atoms with Crippen molar-refractivity contribution in [1.29, 1.82) is 0 Å². The molecule has 0 aliphatic carbocycles. The fraction of sp³-hybridized carbons (Fsp3) is 0.278. The van der Waals surface area contributed by atoms with Crippen LogP contribution in [-0.4, -0.2) is 17.7 Å². The number of nitrogens with one attached hydrogen (secondary N) is 2. The van der Waals surface area contributed by atoms with E-state index in [1.165, 1.54) is 0 Å². The first-order valence-electron chi connectivity index (χ1n) is 7.64. The van der Waals surface area contributed by atoms with Crippen molar-refractivity contribution in [2.45, 2.75) is 25.9 Å². The van der Waals surface area contributed by atoms with Gasteiger partial charge in [-0.3, -0.25) is 0 Å². The lowest BCUT2D eigenvalue weighted by Crippen LogP contribution is -2.32. The van der Waals surface area contributed by atoms with Crippen LogP contribution in [0.25, 0.3) is 0 Å². The quantitative estimate of drug-likeness (QED) is 0.775. The van der Waals surface area contributed by atoms with E-state index in [2.05, 4.69) is 24.5 Å². The highest BCUT2D eigenvalue weighted by molar-refractivity contribution is 5.89. The maximum atomic E-state index is 13.5. The van der Waals surface area contributed by atoms with Crippen LogP contribution in [0.15, 0.2) is 42.5 Å².